The molecule has 0 aliphatic heterocycles. The van der Waals surface area contributed by atoms with Crippen molar-refractivity contribution in [2.45, 2.75) is 38.9 Å². The van der Waals surface area contributed by atoms with Crippen molar-refractivity contribution in [1.82, 2.24) is 10.3 Å². The lowest BCUT2D eigenvalue weighted by Gasteiger charge is -2.13. The summed E-state index contributed by atoms with van der Waals surface area (Å²) in [6, 6.07) is 3.57. The molecule has 0 aromatic carbocycles. The molecule has 6 heteroatoms. The van der Waals surface area contributed by atoms with Crippen molar-refractivity contribution < 1.29 is 17.9 Å². The molecule has 1 atom stereocenters. The van der Waals surface area contributed by atoms with Gasteiger partial charge in [-0.05, 0) is 25.5 Å². The van der Waals surface area contributed by atoms with Gasteiger partial charge in [0.2, 0.25) is 5.88 Å². The van der Waals surface area contributed by atoms with Crippen LogP contribution in [-0.2, 0) is 0 Å². The van der Waals surface area contributed by atoms with Gasteiger partial charge in [-0.3, -0.25) is 0 Å². The van der Waals surface area contributed by atoms with Crippen LogP contribution in [0.4, 0.5) is 13.2 Å². The first-order valence-electron chi connectivity index (χ1n) is 6.31. The molecule has 0 spiro atoms. The Hall–Kier alpha value is -1.30. The maximum atomic E-state index is 11.9. The van der Waals surface area contributed by atoms with Gasteiger partial charge in [-0.1, -0.05) is 13.0 Å². The minimum atomic E-state index is -4.20. The summed E-state index contributed by atoms with van der Waals surface area (Å²) in [6.45, 7) is 4.59. The third kappa shape index (κ3) is 6.42. The smallest absolute Gasteiger partial charge is 0.392 e. The Morgan fingerprint density at radius 1 is 1.37 bits per heavy atom. The van der Waals surface area contributed by atoms with Crippen molar-refractivity contribution in [1.29, 1.82) is 0 Å². The number of rotatable bonds is 7. The first-order chi connectivity index (χ1) is 8.92. The highest BCUT2D eigenvalue weighted by molar-refractivity contribution is 5.20. The summed E-state index contributed by atoms with van der Waals surface area (Å²) in [5.74, 6) is 0.218. The van der Waals surface area contributed by atoms with Crippen molar-refractivity contribution in [3.05, 3.63) is 23.9 Å². The van der Waals surface area contributed by atoms with Gasteiger partial charge in [0.25, 0.3) is 0 Å². The molecule has 1 heterocycles. The van der Waals surface area contributed by atoms with E-state index in [-0.39, 0.29) is 11.9 Å². The van der Waals surface area contributed by atoms with Gasteiger partial charge in [0.1, 0.15) is 0 Å². The van der Waals surface area contributed by atoms with Crippen LogP contribution in [0.2, 0.25) is 0 Å². The Kier molecular flexibility index (Phi) is 6.08. The fourth-order valence-electron chi connectivity index (χ4n) is 1.48. The predicted molar refractivity (Wildman–Crippen MR) is 67.1 cm³/mol. The molecule has 19 heavy (non-hydrogen) atoms. The summed E-state index contributed by atoms with van der Waals surface area (Å²) in [7, 11) is 0. The highest BCUT2D eigenvalue weighted by Crippen LogP contribution is 2.20. The van der Waals surface area contributed by atoms with E-state index in [1.54, 1.807) is 12.3 Å². The molecule has 1 unspecified atom stereocenters. The van der Waals surface area contributed by atoms with Crippen molar-refractivity contribution in [3.8, 4) is 5.88 Å². The molecule has 0 saturated heterocycles. The second-order valence-corrected chi connectivity index (χ2v) is 4.32. The first-order valence-corrected chi connectivity index (χ1v) is 6.31. The maximum Gasteiger partial charge on any atom is 0.392 e. The Balaban J connectivity index is 2.43. The molecule has 108 valence electrons. The van der Waals surface area contributed by atoms with Crippen molar-refractivity contribution >= 4 is 0 Å². The molecule has 0 radical (unpaired) electrons. The summed E-state index contributed by atoms with van der Waals surface area (Å²) in [4.78, 5) is 4.00. The van der Waals surface area contributed by atoms with Crippen LogP contribution in [0.25, 0.3) is 0 Å². The summed E-state index contributed by atoms with van der Waals surface area (Å²) in [5, 5.41) is 3.30. The zero-order valence-corrected chi connectivity index (χ0v) is 11.1. The van der Waals surface area contributed by atoms with Crippen LogP contribution in [-0.4, -0.2) is 24.3 Å². The predicted octanol–water partition coefficient (Wildman–Crippen LogP) is 3.47. The van der Waals surface area contributed by atoms with Crippen LogP contribution in [0.3, 0.4) is 0 Å². The molecular formula is C13H19F3N2O. The SMILES string of the molecule is CCCNC(C)c1ccc(OCCC(F)(F)F)nc1. The molecule has 0 fully saturated rings. The van der Waals surface area contributed by atoms with Crippen LogP contribution in [0.15, 0.2) is 18.3 Å². The number of hydrogen-bond donors (Lipinski definition) is 1. The van der Waals surface area contributed by atoms with E-state index in [0.29, 0.717) is 0 Å². The molecule has 0 aliphatic carbocycles. The molecule has 1 aromatic heterocycles. The average molecular weight is 276 g/mol. The Morgan fingerprint density at radius 3 is 2.63 bits per heavy atom. The Bertz CT molecular complexity index is 365. The number of pyridine rings is 1. The van der Waals surface area contributed by atoms with E-state index in [1.807, 2.05) is 13.0 Å². The van der Waals surface area contributed by atoms with Gasteiger partial charge >= 0.3 is 6.18 Å². The minimum Gasteiger partial charge on any atom is -0.477 e. The normalized spacial score (nSPS) is 13.3. The zero-order chi connectivity index (χ0) is 14.3. The summed E-state index contributed by atoms with van der Waals surface area (Å²) in [6.07, 6.45) is -2.50. The first kappa shape index (κ1) is 15.8. The van der Waals surface area contributed by atoms with Crippen LogP contribution in [0, 0.1) is 0 Å². The lowest BCUT2D eigenvalue weighted by molar-refractivity contribution is -0.139. The molecule has 0 bridgehead atoms. The molecule has 0 aliphatic rings. The molecule has 0 amide bonds. The maximum absolute atomic E-state index is 11.9. The fourth-order valence-corrected chi connectivity index (χ4v) is 1.48. The van der Waals surface area contributed by atoms with Gasteiger partial charge in [0.15, 0.2) is 0 Å². The summed E-state index contributed by atoms with van der Waals surface area (Å²) in [5.41, 5.74) is 0.983. The summed E-state index contributed by atoms with van der Waals surface area (Å²) < 4.78 is 40.8. The molecule has 1 rings (SSSR count). The summed E-state index contributed by atoms with van der Waals surface area (Å²) >= 11 is 0. The monoisotopic (exact) mass is 276 g/mol. The van der Waals surface area contributed by atoms with Gasteiger partial charge in [0.05, 0.1) is 13.0 Å². The molecule has 0 saturated carbocycles. The topological polar surface area (TPSA) is 34.1 Å². The number of nitrogens with one attached hydrogen (secondary N) is 1. The number of aromatic nitrogens is 1. The van der Waals surface area contributed by atoms with Crippen LogP contribution in [0.5, 0.6) is 5.88 Å². The van der Waals surface area contributed by atoms with E-state index in [2.05, 4.69) is 17.2 Å². The number of halogens is 3. The second-order valence-electron chi connectivity index (χ2n) is 4.32. The van der Waals surface area contributed by atoms with Crippen LogP contribution >= 0.6 is 0 Å². The standard InChI is InChI=1S/C13H19F3N2O/c1-3-7-17-10(2)11-4-5-12(18-9-11)19-8-6-13(14,15)16/h4-5,9-10,17H,3,6-8H2,1-2H3. The quantitative estimate of drug-likeness (QED) is 0.828. The molecular weight excluding hydrogens is 257 g/mol. The van der Waals surface area contributed by atoms with Gasteiger partial charge in [-0.2, -0.15) is 13.2 Å². The van der Waals surface area contributed by atoms with E-state index in [9.17, 15) is 13.2 Å². The molecule has 1 N–H and O–H groups in total. The number of hydrogen-bond acceptors (Lipinski definition) is 3. The highest BCUT2D eigenvalue weighted by Gasteiger charge is 2.26. The Morgan fingerprint density at radius 2 is 2.11 bits per heavy atom. The fraction of sp³-hybridized carbons (Fsp3) is 0.615. The largest absolute Gasteiger partial charge is 0.477 e. The van der Waals surface area contributed by atoms with Crippen molar-refractivity contribution in [2.75, 3.05) is 13.2 Å². The molecule has 3 nitrogen and oxygen atoms in total. The van der Waals surface area contributed by atoms with E-state index in [1.165, 1.54) is 0 Å². The van der Waals surface area contributed by atoms with Gasteiger partial charge < -0.3 is 10.1 Å². The average Bonchev–Trinajstić information content (AvgIpc) is 2.35. The van der Waals surface area contributed by atoms with Crippen molar-refractivity contribution in [3.63, 3.8) is 0 Å². The lowest BCUT2D eigenvalue weighted by atomic mass is 10.1. The van der Waals surface area contributed by atoms with Crippen LogP contribution < -0.4 is 10.1 Å². The molecule has 1 aromatic rings. The zero-order valence-electron chi connectivity index (χ0n) is 11.1. The van der Waals surface area contributed by atoms with E-state index in [0.717, 1.165) is 18.5 Å². The highest BCUT2D eigenvalue weighted by atomic mass is 19.4. The van der Waals surface area contributed by atoms with Gasteiger partial charge in [-0.25, -0.2) is 4.98 Å². The van der Waals surface area contributed by atoms with E-state index >= 15 is 0 Å². The van der Waals surface area contributed by atoms with E-state index in [4.69, 9.17) is 4.74 Å². The lowest BCUT2D eigenvalue weighted by Crippen LogP contribution is -2.19. The minimum absolute atomic E-state index is 0.164. The van der Waals surface area contributed by atoms with Gasteiger partial charge in [0, 0.05) is 18.3 Å². The third-order valence-corrected chi connectivity index (χ3v) is 2.60. The van der Waals surface area contributed by atoms with Crippen molar-refractivity contribution in [2.24, 2.45) is 0 Å². The number of nitrogens with zero attached hydrogens (tertiary/aromatic N) is 1. The third-order valence-electron chi connectivity index (χ3n) is 2.60. The Labute approximate surface area is 111 Å². The second kappa shape index (κ2) is 7.33. The van der Waals surface area contributed by atoms with E-state index < -0.39 is 19.2 Å². The number of alkyl halides is 3. The number of ether oxygens (including phenoxy) is 1. The van der Waals surface area contributed by atoms with Crippen LogP contribution in [0.1, 0.15) is 38.3 Å². The van der Waals surface area contributed by atoms with Gasteiger partial charge in [-0.15, -0.1) is 0 Å².